The second-order valence-electron chi connectivity index (χ2n) is 8.11. The van der Waals surface area contributed by atoms with Crippen molar-refractivity contribution in [1.82, 2.24) is 0 Å². The van der Waals surface area contributed by atoms with E-state index in [1.54, 1.807) is 78.9 Å². The predicted octanol–water partition coefficient (Wildman–Crippen LogP) is 8.12. The highest BCUT2D eigenvalue weighted by Crippen LogP contribution is 2.32. The Labute approximate surface area is 235 Å². The summed E-state index contributed by atoms with van der Waals surface area (Å²) in [5, 5.41) is 4.18. The van der Waals surface area contributed by atoms with E-state index in [-0.39, 0.29) is 12.4 Å². The van der Waals surface area contributed by atoms with Crippen LogP contribution in [0.5, 0.6) is 11.5 Å². The molecule has 0 aromatic heterocycles. The second-order valence-corrected chi connectivity index (χ2v) is 9.36. The largest absolute Gasteiger partial charge is 0.493 e. The Morgan fingerprint density at radius 2 is 1.58 bits per heavy atom. The lowest BCUT2D eigenvalue weighted by Gasteiger charge is -2.13. The minimum atomic E-state index is -0.415. The molecular weight excluding hydrogens is 545 g/mol. The number of methoxy groups -OCH3 is 1. The van der Waals surface area contributed by atoms with E-state index in [0.717, 1.165) is 0 Å². The van der Waals surface area contributed by atoms with E-state index in [4.69, 9.17) is 44.3 Å². The summed E-state index contributed by atoms with van der Waals surface area (Å²) in [5.41, 5.74) is 2.53. The van der Waals surface area contributed by atoms with Crippen LogP contribution in [0, 0.1) is 0 Å². The number of hydrogen-bond donors (Lipinski definition) is 1. The zero-order valence-corrected chi connectivity index (χ0v) is 22.5. The molecule has 0 bridgehead atoms. The highest BCUT2D eigenvalue weighted by molar-refractivity contribution is 6.36. The summed E-state index contributed by atoms with van der Waals surface area (Å²) in [6, 6.07) is 24.0. The van der Waals surface area contributed by atoms with E-state index in [2.05, 4.69) is 5.32 Å². The number of hydrogen-bond acceptors (Lipinski definition) is 4. The summed E-state index contributed by atoms with van der Waals surface area (Å²) < 4.78 is 11.3. The summed E-state index contributed by atoms with van der Waals surface area (Å²) in [5.74, 6) is 0.312. The van der Waals surface area contributed by atoms with Gasteiger partial charge in [-0.25, -0.2) is 0 Å². The van der Waals surface area contributed by atoms with Gasteiger partial charge in [-0.1, -0.05) is 77.3 Å². The highest BCUT2D eigenvalue weighted by atomic mass is 35.5. The molecule has 0 radical (unpaired) electrons. The lowest BCUT2D eigenvalue weighted by molar-refractivity contribution is -0.111. The van der Waals surface area contributed by atoms with Gasteiger partial charge in [0.05, 0.1) is 12.8 Å². The molecular formula is C30H22Cl3NO4. The molecule has 0 unspecified atom stereocenters. The zero-order valence-electron chi connectivity index (χ0n) is 20.2. The van der Waals surface area contributed by atoms with Crippen LogP contribution in [0.3, 0.4) is 0 Å². The number of nitrogens with one attached hydrogen (secondary N) is 1. The quantitative estimate of drug-likeness (QED) is 0.164. The number of ether oxygens (including phenoxy) is 2. The number of carbonyl (C=O) groups excluding carboxylic acids is 2. The maximum absolute atomic E-state index is 13.0. The van der Waals surface area contributed by atoms with E-state index in [0.29, 0.717) is 54.5 Å². The SMILES string of the molecule is COc1cc(/C=C/C(=O)Nc2ccc(Cl)cc2C(=O)c2ccccc2)ccc1OCc1c(Cl)cccc1Cl. The molecule has 0 saturated heterocycles. The first-order valence-electron chi connectivity index (χ1n) is 11.5. The Hall–Kier alpha value is -3.77. The lowest BCUT2D eigenvalue weighted by atomic mass is 10.0. The Kier molecular flexibility index (Phi) is 9.08. The summed E-state index contributed by atoms with van der Waals surface area (Å²) in [6.07, 6.45) is 2.99. The van der Waals surface area contributed by atoms with E-state index < -0.39 is 5.91 Å². The number of halogens is 3. The third kappa shape index (κ3) is 6.75. The number of benzene rings is 4. The highest BCUT2D eigenvalue weighted by Gasteiger charge is 2.16. The zero-order chi connectivity index (χ0) is 27.1. The summed E-state index contributed by atoms with van der Waals surface area (Å²) in [4.78, 5) is 25.7. The van der Waals surface area contributed by atoms with Gasteiger partial charge >= 0.3 is 0 Å². The van der Waals surface area contributed by atoms with Crippen LogP contribution in [-0.4, -0.2) is 18.8 Å². The Bertz CT molecular complexity index is 1480. The standard InChI is InChI=1S/C30H22Cl3NO4/c1-37-28-16-19(10-14-27(28)38-18-23-24(32)8-5-9-25(23)33)11-15-29(35)34-26-13-12-21(31)17-22(26)30(36)20-6-3-2-4-7-20/h2-17H,18H2,1H3,(H,34,35)/b15-11+. The van der Waals surface area contributed by atoms with E-state index in [1.165, 1.54) is 19.3 Å². The summed E-state index contributed by atoms with van der Waals surface area (Å²) >= 11 is 18.6. The van der Waals surface area contributed by atoms with Crippen LogP contribution < -0.4 is 14.8 Å². The third-order valence-corrected chi connectivity index (χ3v) is 6.51. The molecule has 0 aliphatic heterocycles. The summed E-state index contributed by atoms with van der Waals surface area (Å²) in [7, 11) is 1.52. The van der Waals surface area contributed by atoms with Gasteiger partial charge in [0.25, 0.3) is 0 Å². The van der Waals surface area contributed by atoms with Gasteiger partial charge in [-0.15, -0.1) is 0 Å². The van der Waals surface area contributed by atoms with Crippen molar-refractivity contribution in [2.24, 2.45) is 0 Å². The fourth-order valence-corrected chi connectivity index (χ4v) is 4.31. The minimum Gasteiger partial charge on any atom is -0.493 e. The maximum atomic E-state index is 13.0. The number of rotatable bonds is 9. The number of carbonyl (C=O) groups is 2. The topological polar surface area (TPSA) is 64.6 Å². The molecule has 4 rings (SSSR count). The molecule has 0 aliphatic rings. The minimum absolute atomic E-state index is 0.164. The van der Waals surface area contributed by atoms with Crippen LogP contribution in [-0.2, 0) is 11.4 Å². The molecule has 0 spiro atoms. The van der Waals surface area contributed by atoms with Gasteiger partial charge in [0.1, 0.15) is 6.61 Å². The van der Waals surface area contributed by atoms with Crippen LogP contribution in [0.2, 0.25) is 15.1 Å². The predicted molar refractivity (Wildman–Crippen MR) is 153 cm³/mol. The van der Waals surface area contributed by atoms with Crippen LogP contribution >= 0.6 is 34.8 Å². The number of ketones is 1. The van der Waals surface area contributed by atoms with E-state index >= 15 is 0 Å². The molecule has 1 N–H and O–H groups in total. The number of anilines is 1. The molecule has 1 amide bonds. The van der Waals surface area contributed by atoms with Crippen LogP contribution in [0.4, 0.5) is 5.69 Å². The molecule has 38 heavy (non-hydrogen) atoms. The van der Waals surface area contributed by atoms with Gasteiger partial charge in [0.15, 0.2) is 17.3 Å². The lowest BCUT2D eigenvalue weighted by Crippen LogP contribution is -2.12. The van der Waals surface area contributed by atoms with Crippen LogP contribution in [0.25, 0.3) is 6.08 Å². The van der Waals surface area contributed by atoms with Gasteiger partial charge in [-0.2, -0.15) is 0 Å². The van der Waals surface area contributed by atoms with Gasteiger partial charge in [0, 0.05) is 37.8 Å². The van der Waals surface area contributed by atoms with Crippen molar-refractivity contribution in [2.75, 3.05) is 12.4 Å². The first-order chi connectivity index (χ1) is 18.4. The molecule has 8 heteroatoms. The van der Waals surface area contributed by atoms with Crippen LogP contribution in [0.15, 0.2) is 91.0 Å². The summed E-state index contributed by atoms with van der Waals surface area (Å²) in [6.45, 7) is 0.164. The molecule has 0 aliphatic carbocycles. The maximum Gasteiger partial charge on any atom is 0.248 e. The molecule has 0 saturated carbocycles. The molecule has 0 heterocycles. The van der Waals surface area contributed by atoms with Crippen molar-refractivity contribution in [2.45, 2.75) is 6.61 Å². The van der Waals surface area contributed by atoms with Gasteiger partial charge < -0.3 is 14.8 Å². The average Bonchev–Trinajstić information content (AvgIpc) is 2.93. The van der Waals surface area contributed by atoms with Crippen molar-refractivity contribution >= 4 is 58.3 Å². The van der Waals surface area contributed by atoms with Crippen molar-refractivity contribution in [1.29, 1.82) is 0 Å². The fraction of sp³-hybridized carbons (Fsp3) is 0.0667. The van der Waals surface area contributed by atoms with Gasteiger partial charge in [-0.05, 0) is 54.1 Å². The van der Waals surface area contributed by atoms with E-state index in [9.17, 15) is 9.59 Å². The Balaban J connectivity index is 1.47. The van der Waals surface area contributed by atoms with Gasteiger partial charge in [0.2, 0.25) is 5.91 Å². The average molecular weight is 567 g/mol. The Morgan fingerprint density at radius 1 is 0.842 bits per heavy atom. The first kappa shape index (κ1) is 27.3. The van der Waals surface area contributed by atoms with Gasteiger partial charge in [-0.3, -0.25) is 9.59 Å². The molecule has 0 fully saturated rings. The monoisotopic (exact) mass is 565 g/mol. The molecule has 192 valence electrons. The molecule has 4 aromatic carbocycles. The van der Waals surface area contributed by atoms with Crippen molar-refractivity contribution in [3.63, 3.8) is 0 Å². The molecule has 0 atom stereocenters. The third-order valence-electron chi connectivity index (χ3n) is 5.57. The smallest absolute Gasteiger partial charge is 0.248 e. The normalized spacial score (nSPS) is 10.8. The van der Waals surface area contributed by atoms with Crippen molar-refractivity contribution < 1.29 is 19.1 Å². The van der Waals surface area contributed by atoms with E-state index in [1.807, 2.05) is 6.07 Å². The number of amides is 1. The fourth-order valence-electron chi connectivity index (χ4n) is 3.63. The molecule has 4 aromatic rings. The Morgan fingerprint density at radius 3 is 2.29 bits per heavy atom. The molecule has 5 nitrogen and oxygen atoms in total. The van der Waals surface area contributed by atoms with Crippen molar-refractivity contribution in [3.05, 3.63) is 128 Å². The first-order valence-corrected chi connectivity index (χ1v) is 12.6. The van der Waals surface area contributed by atoms with Crippen LogP contribution in [0.1, 0.15) is 27.0 Å². The van der Waals surface area contributed by atoms with Crippen molar-refractivity contribution in [3.8, 4) is 11.5 Å². The second kappa shape index (κ2) is 12.7.